The molecule has 2 aromatic carbocycles. The second kappa shape index (κ2) is 7.37. The summed E-state index contributed by atoms with van der Waals surface area (Å²) in [6, 6.07) is 19.0. The lowest BCUT2D eigenvalue weighted by Crippen LogP contribution is -2.21. The van der Waals surface area contributed by atoms with E-state index < -0.39 is 0 Å². The van der Waals surface area contributed by atoms with Gasteiger partial charge in [0.15, 0.2) is 6.61 Å². The van der Waals surface area contributed by atoms with E-state index in [-0.39, 0.29) is 18.5 Å². The Hall–Kier alpha value is -3.21. The third-order valence-corrected chi connectivity index (χ3v) is 3.37. The first-order valence-electron chi connectivity index (χ1n) is 7.58. The molecule has 5 nitrogen and oxygen atoms in total. The van der Waals surface area contributed by atoms with Crippen molar-refractivity contribution in [3.63, 3.8) is 0 Å². The Bertz CT molecular complexity index is 818. The summed E-state index contributed by atoms with van der Waals surface area (Å²) in [5, 5.41) is 2.65. The summed E-state index contributed by atoms with van der Waals surface area (Å²) in [4.78, 5) is 20.4. The quantitative estimate of drug-likeness (QED) is 0.782. The molecule has 120 valence electrons. The van der Waals surface area contributed by atoms with Crippen LogP contribution in [-0.4, -0.2) is 22.5 Å². The van der Waals surface area contributed by atoms with Gasteiger partial charge in [0.05, 0.1) is 5.69 Å². The van der Waals surface area contributed by atoms with E-state index in [1.54, 1.807) is 24.4 Å². The predicted molar refractivity (Wildman–Crippen MR) is 92.8 cm³/mol. The maximum atomic E-state index is 12.0. The summed E-state index contributed by atoms with van der Waals surface area (Å²) in [5.74, 6) is 0.594. The van der Waals surface area contributed by atoms with Crippen molar-refractivity contribution in [2.45, 2.75) is 6.92 Å². The Balaban J connectivity index is 1.64. The number of hydrogen-bond donors (Lipinski definition) is 1. The number of benzene rings is 2. The average molecular weight is 319 g/mol. The summed E-state index contributed by atoms with van der Waals surface area (Å²) in [5.41, 5.74) is 2.91. The van der Waals surface area contributed by atoms with Gasteiger partial charge in [-0.25, -0.2) is 9.97 Å². The van der Waals surface area contributed by atoms with Crippen molar-refractivity contribution in [1.82, 2.24) is 9.97 Å². The van der Waals surface area contributed by atoms with Crippen LogP contribution in [0.2, 0.25) is 0 Å². The van der Waals surface area contributed by atoms with Crippen LogP contribution in [0.4, 0.5) is 5.95 Å². The fourth-order valence-corrected chi connectivity index (χ4v) is 2.13. The summed E-state index contributed by atoms with van der Waals surface area (Å²) in [7, 11) is 0. The van der Waals surface area contributed by atoms with Crippen molar-refractivity contribution in [3.8, 4) is 17.0 Å². The number of nitrogens with zero attached hydrogens (tertiary/aromatic N) is 2. The molecule has 0 fully saturated rings. The molecular formula is C19H17N3O2. The predicted octanol–water partition coefficient (Wildman–Crippen LogP) is 3.47. The monoisotopic (exact) mass is 319 g/mol. The SMILES string of the molecule is Cc1ccc(-c2ccnc(NC(=O)COc3ccccc3)n2)cc1. The molecule has 1 N–H and O–H groups in total. The fraction of sp³-hybridized carbons (Fsp3) is 0.105. The molecule has 3 rings (SSSR count). The van der Waals surface area contributed by atoms with Crippen LogP contribution in [0, 0.1) is 6.92 Å². The number of aromatic nitrogens is 2. The van der Waals surface area contributed by atoms with E-state index in [1.807, 2.05) is 49.4 Å². The molecule has 0 aliphatic heterocycles. The van der Waals surface area contributed by atoms with Crippen LogP contribution in [0.25, 0.3) is 11.3 Å². The number of para-hydroxylation sites is 1. The lowest BCUT2D eigenvalue weighted by molar-refractivity contribution is -0.118. The zero-order chi connectivity index (χ0) is 16.8. The molecule has 5 heteroatoms. The van der Waals surface area contributed by atoms with Gasteiger partial charge in [-0.3, -0.25) is 10.1 Å². The second-order valence-corrected chi connectivity index (χ2v) is 5.28. The number of carbonyl (C=O) groups excluding carboxylic acids is 1. The van der Waals surface area contributed by atoms with Gasteiger partial charge in [-0.2, -0.15) is 0 Å². The lowest BCUT2D eigenvalue weighted by Gasteiger charge is -2.07. The molecule has 0 atom stereocenters. The Morgan fingerprint density at radius 1 is 1.04 bits per heavy atom. The van der Waals surface area contributed by atoms with Gasteiger partial charge in [0.2, 0.25) is 5.95 Å². The Morgan fingerprint density at radius 2 is 1.79 bits per heavy atom. The molecule has 0 aliphatic carbocycles. The fourth-order valence-electron chi connectivity index (χ4n) is 2.13. The van der Waals surface area contributed by atoms with Crippen molar-refractivity contribution < 1.29 is 9.53 Å². The van der Waals surface area contributed by atoms with E-state index in [1.165, 1.54) is 5.56 Å². The number of amides is 1. The summed E-state index contributed by atoms with van der Waals surface area (Å²) < 4.78 is 5.40. The minimum absolute atomic E-state index is 0.0951. The molecule has 24 heavy (non-hydrogen) atoms. The van der Waals surface area contributed by atoms with Gasteiger partial charge >= 0.3 is 0 Å². The highest BCUT2D eigenvalue weighted by Gasteiger charge is 2.07. The largest absolute Gasteiger partial charge is 0.484 e. The molecule has 0 spiro atoms. The maximum absolute atomic E-state index is 12.0. The van der Waals surface area contributed by atoms with Crippen LogP contribution in [0.1, 0.15) is 5.56 Å². The number of hydrogen-bond acceptors (Lipinski definition) is 4. The molecule has 1 amide bonds. The molecule has 0 saturated carbocycles. The van der Waals surface area contributed by atoms with Gasteiger partial charge < -0.3 is 4.74 Å². The van der Waals surface area contributed by atoms with Crippen molar-refractivity contribution >= 4 is 11.9 Å². The van der Waals surface area contributed by atoms with Gasteiger partial charge in [0.1, 0.15) is 5.75 Å². The number of carbonyl (C=O) groups is 1. The van der Waals surface area contributed by atoms with Crippen LogP contribution < -0.4 is 10.1 Å². The first-order chi connectivity index (χ1) is 11.7. The van der Waals surface area contributed by atoms with Gasteiger partial charge in [-0.15, -0.1) is 0 Å². The van der Waals surface area contributed by atoms with Crippen LogP contribution in [0.15, 0.2) is 66.9 Å². The molecule has 0 radical (unpaired) electrons. The van der Waals surface area contributed by atoms with Gasteiger partial charge in [0.25, 0.3) is 5.91 Å². The minimum Gasteiger partial charge on any atom is -0.484 e. The molecular weight excluding hydrogens is 302 g/mol. The first-order valence-corrected chi connectivity index (χ1v) is 7.58. The van der Waals surface area contributed by atoms with Gasteiger partial charge in [-0.1, -0.05) is 48.0 Å². The molecule has 0 bridgehead atoms. The van der Waals surface area contributed by atoms with E-state index in [4.69, 9.17) is 4.74 Å². The number of rotatable bonds is 5. The lowest BCUT2D eigenvalue weighted by atomic mass is 10.1. The Morgan fingerprint density at radius 3 is 2.54 bits per heavy atom. The topological polar surface area (TPSA) is 64.1 Å². The van der Waals surface area contributed by atoms with Crippen LogP contribution in [0.3, 0.4) is 0 Å². The Kier molecular flexibility index (Phi) is 4.81. The number of aryl methyl sites for hydroxylation is 1. The zero-order valence-corrected chi connectivity index (χ0v) is 13.3. The maximum Gasteiger partial charge on any atom is 0.264 e. The standard InChI is InChI=1S/C19H17N3O2/c1-14-7-9-15(10-8-14)17-11-12-20-19(21-17)22-18(23)13-24-16-5-3-2-4-6-16/h2-12H,13H2,1H3,(H,20,21,22,23). The van der Waals surface area contributed by atoms with Crippen molar-refractivity contribution in [3.05, 3.63) is 72.4 Å². The van der Waals surface area contributed by atoms with Crippen molar-refractivity contribution in [1.29, 1.82) is 0 Å². The van der Waals surface area contributed by atoms with Gasteiger partial charge in [0, 0.05) is 11.8 Å². The molecule has 1 aromatic heterocycles. The van der Waals surface area contributed by atoms with Crippen LogP contribution in [0.5, 0.6) is 5.75 Å². The third-order valence-electron chi connectivity index (χ3n) is 3.37. The summed E-state index contributed by atoms with van der Waals surface area (Å²) >= 11 is 0. The van der Waals surface area contributed by atoms with Crippen molar-refractivity contribution in [2.24, 2.45) is 0 Å². The molecule has 1 heterocycles. The first kappa shape index (κ1) is 15.7. The normalized spacial score (nSPS) is 10.2. The van der Waals surface area contributed by atoms with E-state index in [0.29, 0.717) is 5.75 Å². The summed E-state index contributed by atoms with van der Waals surface area (Å²) in [6.45, 7) is 1.93. The molecule has 3 aromatic rings. The average Bonchev–Trinajstić information content (AvgIpc) is 2.62. The Labute approximate surface area is 140 Å². The summed E-state index contributed by atoms with van der Waals surface area (Å²) in [6.07, 6.45) is 1.62. The van der Waals surface area contributed by atoms with Crippen molar-refractivity contribution in [2.75, 3.05) is 11.9 Å². The van der Waals surface area contributed by atoms with E-state index in [9.17, 15) is 4.79 Å². The highest BCUT2D eigenvalue weighted by Crippen LogP contribution is 2.18. The number of nitrogens with one attached hydrogen (secondary N) is 1. The minimum atomic E-state index is -0.306. The molecule has 0 saturated heterocycles. The highest BCUT2D eigenvalue weighted by molar-refractivity contribution is 5.90. The second-order valence-electron chi connectivity index (χ2n) is 5.28. The number of anilines is 1. The third kappa shape index (κ3) is 4.16. The van der Waals surface area contributed by atoms with Crippen LogP contribution in [-0.2, 0) is 4.79 Å². The van der Waals surface area contributed by atoms with Gasteiger partial charge in [-0.05, 0) is 25.1 Å². The highest BCUT2D eigenvalue weighted by atomic mass is 16.5. The van der Waals surface area contributed by atoms with Crippen LogP contribution >= 0.6 is 0 Å². The zero-order valence-electron chi connectivity index (χ0n) is 13.3. The molecule has 0 unspecified atom stereocenters. The van der Waals surface area contributed by atoms with E-state index in [0.717, 1.165) is 11.3 Å². The smallest absolute Gasteiger partial charge is 0.264 e. The van der Waals surface area contributed by atoms with E-state index >= 15 is 0 Å². The van der Waals surface area contributed by atoms with E-state index in [2.05, 4.69) is 15.3 Å². The number of ether oxygens (including phenoxy) is 1. The molecule has 0 aliphatic rings.